The van der Waals surface area contributed by atoms with Crippen molar-refractivity contribution in [2.24, 2.45) is 17.8 Å². The van der Waals surface area contributed by atoms with Crippen LogP contribution in [0.4, 0.5) is 0 Å². The molecule has 3 aliphatic rings. The summed E-state index contributed by atoms with van der Waals surface area (Å²) in [5, 5.41) is 13.1. The van der Waals surface area contributed by atoms with Gasteiger partial charge in [0.2, 0.25) is 0 Å². The van der Waals surface area contributed by atoms with E-state index >= 15 is 0 Å². The fourth-order valence-corrected chi connectivity index (χ4v) is 4.27. The maximum absolute atomic E-state index is 9.28. The molecule has 3 nitrogen and oxygen atoms in total. The molecule has 0 amide bonds. The molecule has 0 bridgehead atoms. The summed E-state index contributed by atoms with van der Waals surface area (Å²) in [7, 11) is 0. The van der Waals surface area contributed by atoms with Crippen LogP contribution in [0.5, 0.6) is 0 Å². The Kier molecular flexibility index (Phi) is 5.00. The quantitative estimate of drug-likeness (QED) is 0.783. The first-order chi connectivity index (χ1) is 9.76. The average molecular weight is 280 g/mol. The number of hydrogen-bond acceptors (Lipinski definition) is 3. The first-order valence-corrected chi connectivity index (χ1v) is 8.84. The SMILES string of the molecule is CC1CCC1N1CC(CCO)CC(NCC2CCC2)C1. The van der Waals surface area contributed by atoms with E-state index in [4.69, 9.17) is 0 Å². The van der Waals surface area contributed by atoms with Crippen LogP contribution in [0.25, 0.3) is 0 Å². The standard InChI is InChI=1S/C17H32N2O/c1-13-5-6-17(13)19-11-15(7-8-20)9-16(12-19)18-10-14-3-2-4-14/h13-18,20H,2-12H2,1H3. The Labute approximate surface area is 124 Å². The lowest BCUT2D eigenvalue weighted by atomic mass is 9.77. The molecule has 2 aliphatic carbocycles. The molecule has 0 spiro atoms. The van der Waals surface area contributed by atoms with Crippen LogP contribution in [0.15, 0.2) is 0 Å². The van der Waals surface area contributed by atoms with Crippen LogP contribution in [-0.4, -0.2) is 48.3 Å². The summed E-state index contributed by atoms with van der Waals surface area (Å²) in [6.07, 6.45) is 9.36. The topological polar surface area (TPSA) is 35.5 Å². The number of piperidine rings is 1. The van der Waals surface area contributed by atoms with Crippen molar-refractivity contribution in [2.45, 2.75) is 64.0 Å². The molecule has 116 valence electrons. The third-order valence-electron chi connectivity index (χ3n) is 6.07. The highest BCUT2D eigenvalue weighted by atomic mass is 16.3. The molecule has 3 rings (SSSR count). The fourth-order valence-electron chi connectivity index (χ4n) is 4.27. The van der Waals surface area contributed by atoms with E-state index in [1.165, 1.54) is 58.2 Å². The first kappa shape index (κ1) is 14.8. The number of aliphatic hydroxyl groups is 1. The van der Waals surface area contributed by atoms with Crippen LogP contribution >= 0.6 is 0 Å². The van der Waals surface area contributed by atoms with Gasteiger partial charge in [0.25, 0.3) is 0 Å². The molecule has 0 aromatic heterocycles. The van der Waals surface area contributed by atoms with Crippen LogP contribution in [0.1, 0.15) is 51.9 Å². The average Bonchev–Trinajstić information content (AvgIpc) is 2.35. The van der Waals surface area contributed by atoms with E-state index in [-0.39, 0.29) is 0 Å². The van der Waals surface area contributed by atoms with Crippen LogP contribution in [0.3, 0.4) is 0 Å². The predicted molar refractivity (Wildman–Crippen MR) is 82.7 cm³/mol. The zero-order chi connectivity index (χ0) is 13.9. The van der Waals surface area contributed by atoms with E-state index in [0.717, 1.165) is 24.3 Å². The van der Waals surface area contributed by atoms with Gasteiger partial charge in [-0.25, -0.2) is 0 Å². The van der Waals surface area contributed by atoms with Gasteiger partial charge in [0.05, 0.1) is 0 Å². The van der Waals surface area contributed by atoms with Crippen LogP contribution < -0.4 is 5.32 Å². The Morgan fingerprint density at radius 3 is 2.50 bits per heavy atom. The monoisotopic (exact) mass is 280 g/mol. The van der Waals surface area contributed by atoms with Crippen LogP contribution in [0, 0.1) is 17.8 Å². The Balaban J connectivity index is 1.51. The summed E-state index contributed by atoms with van der Waals surface area (Å²) in [5.41, 5.74) is 0. The highest BCUT2D eigenvalue weighted by Gasteiger charge is 2.37. The van der Waals surface area contributed by atoms with Crippen molar-refractivity contribution < 1.29 is 5.11 Å². The zero-order valence-corrected chi connectivity index (χ0v) is 13.1. The molecule has 3 fully saturated rings. The summed E-state index contributed by atoms with van der Waals surface area (Å²) in [5.74, 6) is 2.53. The number of nitrogens with zero attached hydrogens (tertiary/aromatic N) is 1. The highest BCUT2D eigenvalue weighted by Crippen LogP contribution is 2.35. The second-order valence-electron chi connectivity index (χ2n) is 7.59. The summed E-state index contributed by atoms with van der Waals surface area (Å²) in [6, 6.07) is 1.48. The van der Waals surface area contributed by atoms with Gasteiger partial charge in [0.1, 0.15) is 0 Å². The molecule has 2 saturated carbocycles. The molecule has 3 heteroatoms. The summed E-state index contributed by atoms with van der Waals surface area (Å²) in [6.45, 7) is 6.44. The van der Waals surface area contributed by atoms with Gasteiger partial charge in [-0.05, 0) is 62.8 Å². The molecule has 4 unspecified atom stereocenters. The minimum absolute atomic E-state index is 0.355. The number of nitrogens with one attached hydrogen (secondary N) is 1. The summed E-state index contributed by atoms with van der Waals surface area (Å²) in [4.78, 5) is 2.73. The van der Waals surface area contributed by atoms with E-state index in [0.29, 0.717) is 18.6 Å². The molecule has 1 saturated heterocycles. The van der Waals surface area contributed by atoms with Gasteiger partial charge in [-0.3, -0.25) is 4.90 Å². The smallest absolute Gasteiger partial charge is 0.0434 e. The van der Waals surface area contributed by atoms with Gasteiger partial charge in [-0.1, -0.05) is 13.3 Å². The van der Waals surface area contributed by atoms with E-state index in [2.05, 4.69) is 17.1 Å². The second kappa shape index (κ2) is 6.76. The van der Waals surface area contributed by atoms with Crippen molar-refractivity contribution in [1.82, 2.24) is 10.2 Å². The van der Waals surface area contributed by atoms with Crippen molar-refractivity contribution >= 4 is 0 Å². The van der Waals surface area contributed by atoms with Crippen LogP contribution in [-0.2, 0) is 0 Å². The van der Waals surface area contributed by atoms with Crippen molar-refractivity contribution in [3.05, 3.63) is 0 Å². The molecular formula is C17H32N2O. The first-order valence-electron chi connectivity index (χ1n) is 8.84. The van der Waals surface area contributed by atoms with Crippen LogP contribution in [0.2, 0.25) is 0 Å². The maximum atomic E-state index is 9.28. The Bertz CT molecular complexity index is 305. The Morgan fingerprint density at radius 2 is 1.95 bits per heavy atom. The molecule has 0 aromatic rings. The molecule has 1 aliphatic heterocycles. The van der Waals surface area contributed by atoms with Crippen molar-refractivity contribution in [3.63, 3.8) is 0 Å². The number of likely N-dealkylation sites (tertiary alicyclic amines) is 1. The van der Waals surface area contributed by atoms with Gasteiger partial charge in [0.15, 0.2) is 0 Å². The third kappa shape index (κ3) is 3.37. The third-order valence-corrected chi connectivity index (χ3v) is 6.07. The molecule has 20 heavy (non-hydrogen) atoms. The number of hydrogen-bond donors (Lipinski definition) is 2. The van der Waals surface area contributed by atoms with Crippen molar-refractivity contribution in [1.29, 1.82) is 0 Å². The highest BCUT2D eigenvalue weighted by molar-refractivity contribution is 4.93. The predicted octanol–water partition coefficient (Wildman–Crippen LogP) is 2.25. The lowest BCUT2D eigenvalue weighted by molar-refractivity contribution is 0.0167. The summed E-state index contributed by atoms with van der Waals surface area (Å²) >= 11 is 0. The largest absolute Gasteiger partial charge is 0.396 e. The molecule has 2 N–H and O–H groups in total. The Hall–Kier alpha value is -0.120. The molecule has 0 aromatic carbocycles. The maximum Gasteiger partial charge on any atom is 0.0434 e. The minimum Gasteiger partial charge on any atom is -0.396 e. The molecular weight excluding hydrogens is 248 g/mol. The van der Waals surface area contributed by atoms with Gasteiger partial charge >= 0.3 is 0 Å². The van der Waals surface area contributed by atoms with Gasteiger partial charge < -0.3 is 10.4 Å². The Morgan fingerprint density at radius 1 is 1.10 bits per heavy atom. The molecule has 0 radical (unpaired) electrons. The van der Waals surface area contributed by atoms with E-state index < -0.39 is 0 Å². The van der Waals surface area contributed by atoms with E-state index in [1.807, 2.05) is 0 Å². The lowest BCUT2D eigenvalue weighted by Gasteiger charge is -2.49. The lowest BCUT2D eigenvalue weighted by Crippen LogP contribution is -2.57. The van der Waals surface area contributed by atoms with Crippen molar-refractivity contribution in [2.75, 3.05) is 26.2 Å². The van der Waals surface area contributed by atoms with Gasteiger partial charge in [-0.15, -0.1) is 0 Å². The second-order valence-corrected chi connectivity index (χ2v) is 7.59. The van der Waals surface area contributed by atoms with Crippen molar-refractivity contribution in [3.8, 4) is 0 Å². The van der Waals surface area contributed by atoms with Gasteiger partial charge in [-0.2, -0.15) is 0 Å². The zero-order valence-electron chi connectivity index (χ0n) is 13.1. The minimum atomic E-state index is 0.355. The normalized spacial score (nSPS) is 39.3. The van der Waals surface area contributed by atoms with E-state index in [1.54, 1.807) is 0 Å². The van der Waals surface area contributed by atoms with Gasteiger partial charge in [0, 0.05) is 31.8 Å². The summed E-state index contributed by atoms with van der Waals surface area (Å²) < 4.78 is 0. The molecule has 4 atom stereocenters. The number of aliphatic hydroxyl groups excluding tert-OH is 1. The van der Waals surface area contributed by atoms with E-state index in [9.17, 15) is 5.11 Å². The molecule has 1 heterocycles. The fraction of sp³-hybridized carbons (Fsp3) is 1.00. The number of rotatable bonds is 6.